The molecule has 2 rings (SSSR count). The van der Waals surface area contributed by atoms with Gasteiger partial charge in [0.25, 0.3) is 5.91 Å². The van der Waals surface area contributed by atoms with Gasteiger partial charge in [0.2, 0.25) is 0 Å². The molecule has 2 aromatic carbocycles. The Bertz CT molecular complexity index is 883. The molecular weight excluding hydrogens is 352 g/mol. The number of rotatable bonds is 5. The van der Waals surface area contributed by atoms with Gasteiger partial charge in [-0.3, -0.25) is 4.79 Å². The molecule has 0 radical (unpaired) electrons. The molecule has 0 heterocycles. The molecule has 0 aliphatic rings. The van der Waals surface area contributed by atoms with Gasteiger partial charge in [-0.1, -0.05) is 53.6 Å². The van der Waals surface area contributed by atoms with Crippen LogP contribution in [0.5, 0.6) is 0 Å². The zero-order valence-electron chi connectivity index (χ0n) is 14.3. The van der Waals surface area contributed by atoms with Crippen molar-refractivity contribution in [3.05, 3.63) is 70.3 Å². The van der Waals surface area contributed by atoms with E-state index in [0.29, 0.717) is 16.3 Å². The first kappa shape index (κ1) is 19.2. The normalized spacial score (nSPS) is 12.0. The maximum absolute atomic E-state index is 12.2. The van der Waals surface area contributed by atoms with Crippen LogP contribution < -0.4 is 5.32 Å². The summed E-state index contributed by atoms with van der Waals surface area (Å²) in [7, 11) is 0. The lowest BCUT2D eigenvalue weighted by molar-refractivity contribution is -0.148. The van der Waals surface area contributed by atoms with Gasteiger partial charge in [0.1, 0.15) is 11.6 Å². The highest BCUT2D eigenvalue weighted by Crippen LogP contribution is 2.21. The third-order valence-electron chi connectivity index (χ3n) is 3.51. The minimum Gasteiger partial charge on any atom is -0.448 e. The van der Waals surface area contributed by atoms with Crippen molar-refractivity contribution >= 4 is 35.2 Å². The first-order valence-electron chi connectivity index (χ1n) is 7.85. The number of hydrogen-bond donors (Lipinski definition) is 1. The van der Waals surface area contributed by atoms with E-state index in [0.717, 1.165) is 5.56 Å². The van der Waals surface area contributed by atoms with E-state index >= 15 is 0 Å². The number of aryl methyl sites for hydroxylation is 1. The number of ether oxygens (including phenoxy) is 1. The molecule has 0 spiro atoms. The highest BCUT2D eigenvalue weighted by atomic mass is 35.5. The summed E-state index contributed by atoms with van der Waals surface area (Å²) in [6, 6.07) is 15.8. The molecule has 0 aliphatic carbocycles. The Kier molecular flexibility index (Phi) is 6.54. The number of esters is 1. The van der Waals surface area contributed by atoms with Crippen LogP contribution in [0.2, 0.25) is 5.02 Å². The first-order chi connectivity index (χ1) is 12.4. The van der Waals surface area contributed by atoms with Crippen molar-refractivity contribution in [2.75, 3.05) is 5.32 Å². The van der Waals surface area contributed by atoms with Gasteiger partial charge in [-0.2, -0.15) is 5.26 Å². The van der Waals surface area contributed by atoms with Gasteiger partial charge in [-0.25, -0.2) is 4.79 Å². The second kappa shape index (κ2) is 8.84. The fourth-order valence-electron chi connectivity index (χ4n) is 2.04. The maximum atomic E-state index is 12.2. The van der Waals surface area contributed by atoms with Gasteiger partial charge in [-0.15, -0.1) is 0 Å². The number of anilines is 1. The molecular formula is C20H17ClN2O3. The van der Waals surface area contributed by atoms with Crippen LogP contribution in [-0.4, -0.2) is 18.0 Å². The van der Waals surface area contributed by atoms with Crippen molar-refractivity contribution < 1.29 is 14.3 Å². The molecule has 0 aromatic heterocycles. The summed E-state index contributed by atoms with van der Waals surface area (Å²) in [4.78, 5) is 24.3. The van der Waals surface area contributed by atoms with Crippen molar-refractivity contribution in [2.45, 2.75) is 20.0 Å². The summed E-state index contributed by atoms with van der Waals surface area (Å²) in [6.45, 7) is 3.36. The number of benzene rings is 2. The molecule has 0 aliphatic heterocycles. The Morgan fingerprint density at radius 1 is 1.19 bits per heavy atom. The van der Waals surface area contributed by atoms with Crippen molar-refractivity contribution in [1.29, 1.82) is 5.26 Å². The van der Waals surface area contributed by atoms with Crippen LogP contribution in [0.1, 0.15) is 18.1 Å². The number of nitrogens with one attached hydrogen (secondary N) is 1. The second-order valence-corrected chi connectivity index (χ2v) is 6.00. The number of halogens is 1. The number of carbonyl (C=O) groups excluding carboxylic acids is 2. The Hall–Kier alpha value is -3.10. The lowest BCUT2D eigenvalue weighted by atomic mass is 10.1. The Morgan fingerprint density at radius 3 is 2.46 bits per heavy atom. The van der Waals surface area contributed by atoms with Crippen LogP contribution in [0.25, 0.3) is 6.08 Å². The molecule has 5 nitrogen and oxygen atoms in total. The minimum absolute atomic E-state index is 0.189. The smallest absolute Gasteiger partial charge is 0.349 e. The average molecular weight is 369 g/mol. The fourth-order valence-corrected chi connectivity index (χ4v) is 2.22. The largest absolute Gasteiger partial charge is 0.448 e. The van der Waals surface area contributed by atoms with Gasteiger partial charge in [-0.05, 0) is 37.6 Å². The van der Waals surface area contributed by atoms with Gasteiger partial charge in [0.05, 0.1) is 10.7 Å². The Balaban J connectivity index is 2.04. The number of amides is 1. The molecule has 2 aromatic rings. The number of para-hydroxylation sites is 1. The third-order valence-corrected chi connectivity index (χ3v) is 3.84. The van der Waals surface area contributed by atoms with Gasteiger partial charge in [0.15, 0.2) is 6.10 Å². The molecule has 0 fully saturated rings. The minimum atomic E-state index is -1.09. The summed E-state index contributed by atoms with van der Waals surface area (Å²) in [5.74, 6) is -1.41. The number of carbonyl (C=O) groups is 2. The van der Waals surface area contributed by atoms with Crippen LogP contribution >= 0.6 is 11.6 Å². The highest BCUT2D eigenvalue weighted by Gasteiger charge is 2.21. The summed E-state index contributed by atoms with van der Waals surface area (Å²) in [5.41, 5.74) is 1.98. The van der Waals surface area contributed by atoms with E-state index < -0.39 is 18.0 Å². The predicted octanol–water partition coefficient (Wildman–Crippen LogP) is 4.13. The lowest BCUT2D eigenvalue weighted by Gasteiger charge is -2.14. The van der Waals surface area contributed by atoms with Crippen LogP contribution in [0.3, 0.4) is 0 Å². The van der Waals surface area contributed by atoms with E-state index in [4.69, 9.17) is 16.3 Å². The molecule has 0 unspecified atom stereocenters. The summed E-state index contributed by atoms with van der Waals surface area (Å²) < 4.78 is 5.09. The van der Waals surface area contributed by atoms with E-state index in [1.165, 1.54) is 13.0 Å². The van der Waals surface area contributed by atoms with Crippen molar-refractivity contribution in [3.63, 3.8) is 0 Å². The van der Waals surface area contributed by atoms with Crippen molar-refractivity contribution in [1.82, 2.24) is 0 Å². The number of hydrogen-bond acceptors (Lipinski definition) is 4. The number of nitrogens with zero attached hydrogens (tertiary/aromatic N) is 1. The fraction of sp³-hybridized carbons (Fsp3) is 0.150. The van der Waals surface area contributed by atoms with E-state index in [2.05, 4.69) is 5.32 Å². The van der Waals surface area contributed by atoms with Gasteiger partial charge >= 0.3 is 5.97 Å². The monoisotopic (exact) mass is 368 g/mol. The molecule has 0 saturated carbocycles. The number of nitriles is 1. The molecule has 1 atom stereocenters. The van der Waals surface area contributed by atoms with Crippen LogP contribution in [-0.2, 0) is 14.3 Å². The zero-order valence-corrected chi connectivity index (χ0v) is 15.1. The SMILES string of the molecule is Cc1ccc(/C=C(\C#N)C(=O)O[C@H](C)C(=O)Nc2ccccc2Cl)cc1. The van der Waals surface area contributed by atoms with E-state index in [1.807, 2.05) is 19.1 Å². The van der Waals surface area contributed by atoms with Gasteiger partial charge < -0.3 is 10.1 Å². The standard InChI is InChI=1S/C20H17ClN2O3/c1-13-7-9-15(10-8-13)11-16(12-22)20(25)26-14(2)19(24)23-18-6-4-3-5-17(18)21/h3-11,14H,1-2H3,(H,23,24)/b16-11+/t14-/m1/s1. The Morgan fingerprint density at radius 2 is 1.85 bits per heavy atom. The van der Waals surface area contributed by atoms with Crippen molar-refractivity contribution in [2.24, 2.45) is 0 Å². The van der Waals surface area contributed by atoms with E-state index in [1.54, 1.807) is 42.5 Å². The Labute approximate surface area is 156 Å². The molecule has 26 heavy (non-hydrogen) atoms. The molecule has 0 bridgehead atoms. The summed E-state index contributed by atoms with van der Waals surface area (Å²) in [6.07, 6.45) is 0.328. The summed E-state index contributed by atoms with van der Waals surface area (Å²) in [5, 5.41) is 12.1. The average Bonchev–Trinajstić information content (AvgIpc) is 2.62. The maximum Gasteiger partial charge on any atom is 0.349 e. The highest BCUT2D eigenvalue weighted by molar-refractivity contribution is 6.33. The first-order valence-corrected chi connectivity index (χ1v) is 8.23. The van der Waals surface area contributed by atoms with E-state index in [-0.39, 0.29) is 5.57 Å². The van der Waals surface area contributed by atoms with Gasteiger partial charge in [0, 0.05) is 0 Å². The van der Waals surface area contributed by atoms with Crippen molar-refractivity contribution in [3.8, 4) is 6.07 Å². The topological polar surface area (TPSA) is 79.2 Å². The summed E-state index contributed by atoms with van der Waals surface area (Å²) >= 11 is 5.98. The molecule has 6 heteroatoms. The molecule has 132 valence electrons. The predicted molar refractivity (Wildman–Crippen MR) is 100 cm³/mol. The quantitative estimate of drug-likeness (QED) is 0.489. The lowest BCUT2D eigenvalue weighted by Crippen LogP contribution is -2.30. The van der Waals surface area contributed by atoms with Crippen LogP contribution in [0.15, 0.2) is 54.1 Å². The molecule has 1 N–H and O–H groups in total. The van der Waals surface area contributed by atoms with E-state index in [9.17, 15) is 14.9 Å². The molecule has 0 saturated heterocycles. The zero-order chi connectivity index (χ0) is 19.1. The molecule has 1 amide bonds. The third kappa shape index (κ3) is 5.20. The second-order valence-electron chi connectivity index (χ2n) is 5.60. The van der Waals surface area contributed by atoms with Crippen LogP contribution in [0, 0.1) is 18.3 Å². The van der Waals surface area contributed by atoms with Crippen LogP contribution in [0.4, 0.5) is 5.69 Å².